The van der Waals surface area contributed by atoms with Crippen LogP contribution in [-0.4, -0.2) is 45.5 Å². The van der Waals surface area contributed by atoms with E-state index in [-0.39, 0.29) is 30.6 Å². The van der Waals surface area contributed by atoms with Crippen LogP contribution in [0.5, 0.6) is 0 Å². The van der Waals surface area contributed by atoms with Gasteiger partial charge >= 0.3 is 0 Å². The minimum atomic E-state index is -0.561. The maximum absolute atomic E-state index is 12.4. The molecule has 4 aromatic rings. The number of nitrogens with one attached hydrogen (secondary N) is 2. The molecule has 2 heterocycles. The quantitative estimate of drug-likeness (QED) is 0.0946. The molecule has 1 aromatic heterocycles. The molecule has 248 valence electrons. The van der Waals surface area contributed by atoms with Crippen LogP contribution in [0.4, 0.5) is 0 Å². The highest BCUT2D eigenvalue weighted by atomic mass is 32.2. The predicted octanol–water partition coefficient (Wildman–Crippen LogP) is 6.66. The van der Waals surface area contributed by atoms with Crippen LogP contribution < -0.4 is 10.6 Å². The summed E-state index contributed by atoms with van der Waals surface area (Å²) in [5, 5.41) is 24.7. The molecule has 0 bridgehead atoms. The molecular formula is C36H42N4O5S2. The first-order chi connectivity index (χ1) is 22.9. The summed E-state index contributed by atoms with van der Waals surface area (Å²) < 4.78 is 14.1. The van der Waals surface area contributed by atoms with Crippen molar-refractivity contribution in [1.29, 1.82) is 0 Å². The van der Waals surface area contributed by atoms with Crippen LogP contribution in [0.25, 0.3) is 11.1 Å². The molecule has 3 N–H and O–H groups in total. The van der Waals surface area contributed by atoms with Crippen molar-refractivity contribution in [3.05, 3.63) is 100 Å². The molecule has 0 radical (unpaired) electrons. The number of rotatable bonds is 15. The lowest BCUT2D eigenvalue weighted by atomic mass is 9.99. The van der Waals surface area contributed by atoms with Crippen molar-refractivity contribution in [2.45, 2.75) is 81.9 Å². The first kappa shape index (κ1) is 34.7. The molecule has 2 amide bonds. The van der Waals surface area contributed by atoms with Crippen molar-refractivity contribution in [2.24, 2.45) is 0 Å². The van der Waals surface area contributed by atoms with Crippen molar-refractivity contribution >= 4 is 34.9 Å². The number of carbonyl (C=O) groups excluding carboxylic acids is 2. The monoisotopic (exact) mass is 674 g/mol. The number of unbranched alkanes of at least 4 members (excludes halogenated alkanes) is 2. The minimum Gasteiger partial charge on any atom is -0.392 e. The number of ether oxygens (including phenoxy) is 2. The molecule has 47 heavy (non-hydrogen) atoms. The van der Waals surface area contributed by atoms with E-state index in [1.165, 1.54) is 6.92 Å². The first-order valence-electron chi connectivity index (χ1n) is 16.0. The third-order valence-electron chi connectivity index (χ3n) is 7.88. The number of hydrogen-bond acceptors (Lipinski definition) is 9. The van der Waals surface area contributed by atoms with E-state index in [1.54, 1.807) is 23.1 Å². The molecule has 3 atom stereocenters. The van der Waals surface area contributed by atoms with E-state index < -0.39 is 6.29 Å². The summed E-state index contributed by atoms with van der Waals surface area (Å²) in [5.74, 6) is 0.726. The van der Waals surface area contributed by atoms with Gasteiger partial charge in [0.15, 0.2) is 10.6 Å². The molecule has 3 aromatic carbocycles. The SMILES string of the molecule is CC(=O)NCCCCCC(=O)NCc1cccc(-c2cccc([C@H]3O[C@@H](CSc4nnc(C)s4)C[C@@H](c4ccc(CO)cc4)O3)c2)c1. The topological polar surface area (TPSA) is 123 Å². The standard InChI is InChI=1S/C36H42N4O5S2/c1-24(42)37-17-5-3-4-12-34(43)38-21-27-8-6-9-29(18-27)30-10-7-11-31(19-30)35-44-32(23-46-36-40-39-25(2)47-36)20-33(45-35)28-15-13-26(22-41)14-16-28/h6-11,13-16,18-19,32-33,35,41H,3-5,12,17,20-23H2,1-2H3,(H,37,42)(H,38,43)/t32-,33+,35+/m1/s1. The molecule has 5 rings (SSSR count). The fourth-order valence-electron chi connectivity index (χ4n) is 5.39. The van der Waals surface area contributed by atoms with Crippen LogP contribution >= 0.6 is 23.1 Å². The zero-order valence-corrected chi connectivity index (χ0v) is 28.4. The number of nitrogens with zero attached hydrogens (tertiary/aromatic N) is 2. The van der Waals surface area contributed by atoms with Gasteiger partial charge in [-0.1, -0.05) is 90.2 Å². The number of aliphatic hydroxyl groups excluding tert-OH is 1. The summed E-state index contributed by atoms with van der Waals surface area (Å²) in [6.07, 6.45) is 2.92. The number of hydrogen-bond donors (Lipinski definition) is 3. The third-order valence-corrected chi connectivity index (χ3v) is 9.98. The van der Waals surface area contributed by atoms with Crippen LogP contribution in [0.15, 0.2) is 77.1 Å². The van der Waals surface area contributed by atoms with Gasteiger partial charge in [-0.15, -0.1) is 10.2 Å². The Hall–Kier alpha value is -3.61. The smallest absolute Gasteiger partial charge is 0.220 e. The van der Waals surface area contributed by atoms with Gasteiger partial charge in [-0.2, -0.15) is 0 Å². The Labute approximate surface area is 284 Å². The van der Waals surface area contributed by atoms with E-state index in [4.69, 9.17) is 9.47 Å². The zero-order chi connectivity index (χ0) is 33.0. The number of benzene rings is 3. The lowest BCUT2D eigenvalue weighted by molar-refractivity contribution is -0.245. The Kier molecular flexibility index (Phi) is 12.9. The Balaban J connectivity index is 1.23. The van der Waals surface area contributed by atoms with Crippen LogP contribution in [0.2, 0.25) is 0 Å². The number of thioether (sulfide) groups is 1. The number of aryl methyl sites for hydroxylation is 1. The molecule has 1 aliphatic heterocycles. The summed E-state index contributed by atoms with van der Waals surface area (Å²) in [5.41, 5.74) is 5.94. The fourth-order valence-corrected chi connectivity index (χ4v) is 7.25. The van der Waals surface area contributed by atoms with Gasteiger partial charge in [-0.25, -0.2) is 0 Å². The van der Waals surface area contributed by atoms with Crippen molar-refractivity contribution < 1.29 is 24.2 Å². The summed E-state index contributed by atoms with van der Waals surface area (Å²) >= 11 is 3.23. The van der Waals surface area contributed by atoms with E-state index in [2.05, 4.69) is 45.1 Å². The molecular weight excluding hydrogens is 633 g/mol. The van der Waals surface area contributed by atoms with Crippen LogP contribution in [0, 0.1) is 6.92 Å². The highest BCUT2D eigenvalue weighted by Gasteiger charge is 2.32. The largest absolute Gasteiger partial charge is 0.392 e. The first-order valence-corrected chi connectivity index (χ1v) is 17.8. The lowest BCUT2D eigenvalue weighted by Crippen LogP contribution is -2.31. The van der Waals surface area contributed by atoms with E-state index >= 15 is 0 Å². The Morgan fingerprint density at radius 2 is 1.70 bits per heavy atom. The number of aliphatic hydroxyl groups is 1. The Morgan fingerprint density at radius 3 is 2.45 bits per heavy atom. The summed E-state index contributed by atoms with van der Waals surface area (Å²) in [6, 6.07) is 24.3. The average Bonchev–Trinajstić information content (AvgIpc) is 3.52. The number of carbonyl (C=O) groups is 2. The molecule has 1 aliphatic rings. The summed E-state index contributed by atoms with van der Waals surface area (Å²) in [6.45, 7) is 4.57. The molecule has 9 nitrogen and oxygen atoms in total. The van der Waals surface area contributed by atoms with Crippen molar-refractivity contribution in [2.75, 3.05) is 12.3 Å². The van der Waals surface area contributed by atoms with Crippen molar-refractivity contribution in [3.8, 4) is 11.1 Å². The van der Waals surface area contributed by atoms with Crippen LogP contribution in [0.1, 0.15) is 78.7 Å². The van der Waals surface area contributed by atoms with Gasteiger partial charge in [0.05, 0.1) is 18.8 Å². The highest BCUT2D eigenvalue weighted by molar-refractivity contribution is 8.01. The van der Waals surface area contributed by atoms with Gasteiger partial charge in [0, 0.05) is 44.2 Å². The predicted molar refractivity (Wildman–Crippen MR) is 185 cm³/mol. The Bertz CT molecular complexity index is 1610. The maximum Gasteiger partial charge on any atom is 0.220 e. The molecule has 0 spiro atoms. The van der Waals surface area contributed by atoms with Gasteiger partial charge in [-0.05, 0) is 59.7 Å². The highest BCUT2D eigenvalue weighted by Crippen LogP contribution is 2.40. The molecule has 0 saturated carbocycles. The fraction of sp³-hybridized carbons (Fsp3) is 0.389. The van der Waals surface area contributed by atoms with Gasteiger partial charge in [-0.3, -0.25) is 9.59 Å². The number of amides is 2. The van der Waals surface area contributed by atoms with Gasteiger partial charge in [0.25, 0.3) is 0 Å². The number of aromatic nitrogens is 2. The van der Waals surface area contributed by atoms with Crippen LogP contribution in [0.3, 0.4) is 0 Å². The molecule has 1 fully saturated rings. The summed E-state index contributed by atoms with van der Waals surface area (Å²) in [4.78, 5) is 23.4. The second-order valence-corrected chi connectivity index (χ2v) is 14.1. The minimum absolute atomic E-state index is 0.000555. The van der Waals surface area contributed by atoms with Gasteiger partial charge in [0.2, 0.25) is 11.8 Å². The third kappa shape index (κ3) is 10.7. The zero-order valence-electron chi connectivity index (χ0n) is 26.8. The molecule has 0 aliphatic carbocycles. The molecule has 1 saturated heterocycles. The van der Waals surface area contributed by atoms with E-state index in [9.17, 15) is 14.7 Å². The maximum atomic E-state index is 12.4. The van der Waals surface area contributed by atoms with E-state index in [0.717, 1.165) is 67.7 Å². The van der Waals surface area contributed by atoms with E-state index in [0.29, 0.717) is 25.9 Å². The average molecular weight is 675 g/mol. The van der Waals surface area contributed by atoms with Crippen molar-refractivity contribution in [1.82, 2.24) is 20.8 Å². The molecule has 0 unspecified atom stereocenters. The second kappa shape index (κ2) is 17.5. The normalized spacial score (nSPS) is 17.7. The second-order valence-electron chi connectivity index (χ2n) is 11.6. The van der Waals surface area contributed by atoms with Crippen LogP contribution in [-0.2, 0) is 32.2 Å². The van der Waals surface area contributed by atoms with Crippen molar-refractivity contribution in [3.63, 3.8) is 0 Å². The van der Waals surface area contributed by atoms with Gasteiger partial charge < -0.3 is 25.2 Å². The molecule has 11 heteroatoms. The summed E-state index contributed by atoms with van der Waals surface area (Å²) in [7, 11) is 0. The van der Waals surface area contributed by atoms with E-state index in [1.807, 2.05) is 55.5 Å². The van der Waals surface area contributed by atoms with Gasteiger partial charge in [0.1, 0.15) is 5.01 Å². The Morgan fingerprint density at radius 1 is 0.915 bits per heavy atom. The lowest BCUT2D eigenvalue weighted by Gasteiger charge is -2.36.